The number of nitrogens with one attached hydrogen (secondary N) is 1. The van der Waals surface area contributed by atoms with Crippen LogP contribution in [0.15, 0.2) is 24.3 Å². The summed E-state index contributed by atoms with van der Waals surface area (Å²) < 4.78 is 18.3. The van der Waals surface area contributed by atoms with Crippen LogP contribution in [-0.4, -0.2) is 68.1 Å². The molecular formula is C17H24FN3O3. The van der Waals surface area contributed by atoms with Crippen molar-refractivity contribution in [1.29, 1.82) is 0 Å². The lowest BCUT2D eigenvalue weighted by molar-refractivity contribution is -0.141. The van der Waals surface area contributed by atoms with Crippen molar-refractivity contribution in [3.63, 3.8) is 0 Å². The summed E-state index contributed by atoms with van der Waals surface area (Å²) in [5.41, 5.74) is -0.289. The molecule has 132 valence electrons. The molecule has 0 saturated carbocycles. The first-order valence-corrected chi connectivity index (χ1v) is 7.90. The Kier molecular flexibility index (Phi) is 5.77. The molecule has 1 fully saturated rings. The molecule has 1 aliphatic rings. The van der Waals surface area contributed by atoms with E-state index in [0.29, 0.717) is 31.6 Å². The van der Waals surface area contributed by atoms with Crippen LogP contribution in [0.25, 0.3) is 0 Å². The van der Waals surface area contributed by atoms with E-state index in [1.165, 1.54) is 24.1 Å². The third-order valence-electron chi connectivity index (χ3n) is 4.26. The van der Waals surface area contributed by atoms with Gasteiger partial charge in [0.25, 0.3) is 0 Å². The number of likely N-dealkylation sites (N-methyl/N-ethyl adjacent to an activating group) is 1. The summed E-state index contributed by atoms with van der Waals surface area (Å²) >= 11 is 0. The number of amides is 2. The van der Waals surface area contributed by atoms with Crippen molar-refractivity contribution in [2.24, 2.45) is 0 Å². The molecule has 0 bridgehead atoms. The minimum atomic E-state index is -0.846. The summed E-state index contributed by atoms with van der Waals surface area (Å²) in [6, 6.07) is 6.06. The molecule has 0 aliphatic carbocycles. The minimum Gasteiger partial charge on any atom is -0.375 e. The van der Waals surface area contributed by atoms with Gasteiger partial charge in [0.15, 0.2) is 0 Å². The third-order valence-corrected chi connectivity index (χ3v) is 4.26. The van der Waals surface area contributed by atoms with E-state index in [2.05, 4.69) is 5.32 Å². The number of halogens is 1. The van der Waals surface area contributed by atoms with Crippen molar-refractivity contribution >= 4 is 17.5 Å². The van der Waals surface area contributed by atoms with Gasteiger partial charge in [-0.25, -0.2) is 4.39 Å². The first-order chi connectivity index (χ1) is 11.4. The Balaban J connectivity index is 2.18. The average Bonchev–Trinajstić information content (AvgIpc) is 2.55. The number of hydrogen-bond donors (Lipinski definition) is 1. The van der Waals surface area contributed by atoms with E-state index in [1.54, 1.807) is 31.1 Å². The molecule has 0 unspecified atom stereocenters. The smallest absolute Gasteiger partial charge is 0.248 e. The van der Waals surface area contributed by atoms with Crippen molar-refractivity contribution in [3.05, 3.63) is 30.1 Å². The number of carbonyl (C=O) groups excluding carboxylic acids is 2. The van der Waals surface area contributed by atoms with Gasteiger partial charge in [0.2, 0.25) is 11.8 Å². The maximum absolute atomic E-state index is 13.5. The van der Waals surface area contributed by atoms with Crippen LogP contribution in [0.4, 0.5) is 10.1 Å². The molecule has 1 aromatic carbocycles. The largest absolute Gasteiger partial charge is 0.375 e. The number of rotatable bonds is 5. The normalized spacial score (nSPS) is 16.6. The van der Waals surface area contributed by atoms with Crippen LogP contribution >= 0.6 is 0 Å². The SMILES string of the molecule is COCC(=O)N1CCC(Nc2cccc(F)c2)(C(=O)N(C)C)CC1. The van der Waals surface area contributed by atoms with Gasteiger partial charge in [-0.2, -0.15) is 0 Å². The number of hydrogen-bond acceptors (Lipinski definition) is 4. The highest BCUT2D eigenvalue weighted by Crippen LogP contribution is 2.29. The van der Waals surface area contributed by atoms with E-state index in [-0.39, 0.29) is 24.2 Å². The van der Waals surface area contributed by atoms with E-state index >= 15 is 0 Å². The fraction of sp³-hybridized carbons (Fsp3) is 0.529. The van der Waals surface area contributed by atoms with Gasteiger partial charge in [-0.05, 0) is 31.0 Å². The van der Waals surface area contributed by atoms with Gasteiger partial charge < -0.3 is 19.9 Å². The molecule has 2 rings (SSSR count). The molecule has 1 N–H and O–H groups in total. The number of carbonyl (C=O) groups is 2. The van der Waals surface area contributed by atoms with Crippen LogP contribution in [0.2, 0.25) is 0 Å². The highest BCUT2D eigenvalue weighted by Gasteiger charge is 2.43. The molecule has 1 saturated heterocycles. The van der Waals surface area contributed by atoms with E-state index in [1.807, 2.05) is 0 Å². The Morgan fingerprint density at radius 1 is 1.33 bits per heavy atom. The molecule has 0 radical (unpaired) electrons. The number of ether oxygens (including phenoxy) is 1. The second kappa shape index (κ2) is 7.61. The first-order valence-electron chi connectivity index (χ1n) is 7.90. The molecular weight excluding hydrogens is 313 g/mol. The number of anilines is 1. The van der Waals surface area contributed by atoms with Gasteiger partial charge >= 0.3 is 0 Å². The quantitative estimate of drug-likeness (QED) is 0.881. The van der Waals surface area contributed by atoms with Crippen LogP contribution in [0.5, 0.6) is 0 Å². The first kappa shape index (κ1) is 18.2. The van der Waals surface area contributed by atoms with Gasteiger partial charge in [-0.15, -0.1) is 0 Å². The van der Waals surface area contributed by atoms with Crippen molar-refractivity contribution in [2.75, 3.05) is 46.2 Å². The Morgan fingerprint density at radius 3 is 2.54 bits per heavy atom. The second-order valence-corrected chi connectivity index (χ2v) is 6.23. The monoisotopic (exact) mass is 337 g/mol. The van der Waals surface area contributed by atoms with Gasteiger partial charge in [0.1, 0.15) is 18.0 Å². The molecule has 0 spiro atoms. The van der Waals surface area contributed by atoms with E-state index in [0.717, 1.165) is 0 Å². The lowest BCUT2D eigenvalue weighted by Crippen LogP contribution is -2.59. The number of likely N-dealkylation sites (tertiary alicyclic amines) is 1. The summed E-state index contributed by atoms with van der Waals surface area (Å²) in [7, 11) is 4.87. The molecule has 1 aliphatic heterocycles. The number of methoxy groups -OCH3 is 1. The van der Waals surface area contributed by atoms with E-state index in [9.17, 15) is 14.0 Å². The van der Waals surface area contributed by atoms with Gasteiger partial charge in [0.05, 0.1) is 0 Å². The maximum atomic E-state index is 13.5. The van der Waals surface area contributed by atoms with Crippen LogP contribution in [-0.2, 0) is 14.3 Å². The Labute approximate surface area is 141 Å². The van der Waals surface area contributed by atoms with Gasteiger partial charge in [-0.3, -0.25) is 9.59 Å². The fourth-order valence-electron chi connectivity index (χ4n) is 3.02. The van der Waals surface area contributed by atoms with Gasteiger partial charge in [-0.1, -0.05) is 6.07 Å². The number of benzene rings is 1. The minimum absolute atomic E-state index is 0.0337. The highest BCUT2D eigenvalue weighted by molar-refractivity contribution is 5.89. The predicted octanol–water partition coefficient (Wildman–Crippen LogP) is 1.33. The maximum Gasteiger partial charge on any atom is 0.248 e. The Bertz CT molecular complexity index is 598. The summed E-state index contributed by atoms with van der Waals surface area (Å²) in [6.45, 7) is 0.931. The average molecular weight is 337 g/mol. The summed E-state index contributed by atoms with van der Waals surface area (Å²) in [6.07, 6.45) is 0.909. The zero-order chi connectivity index (χ0) is 17.7. The fourth-order valence-corrected chi connectivity index (χ4v) is 3.02. The number of piperidine rings is 1. The molecule has 1 heterocycles. The molecule has 6 nitrogen and oxygen atoms in total. The lowest BCUT2D eigenvalue weighted by Gasteiger charge is -2.42. The van der Waals surface area contributed by atoms with Crippen molar-refractivity contribution < 1.29 is 18.7 Å². The number of nitrogens with zero attached hydrogens (tertiary/aromatic N) is 2. The third kappa shape index (κ3) is 4.03. The van der Waals surface area contributed by atoms with Crippen molar-refractivity contribution in [3.8, 4) is 0 Å². The Morgan fingerprint density at radius 2 is 2.00 bits per heavy atom. The van der Waals surface area contributed by atoms with Crippen LogP contribution < -0.4 is 5.32 Å². The zero-order valence-electron chi connectivity index (χ0n) is 14.3. The highest BCUT2D eigenvalue weighted by atomic mass is 19.1. The molecule has 7 heteroatoms. The molecule has 2 amide bonds. The van der Waals surface area contributed by atoms with Crippen LogP contribution in [0.3, 0.4) is 0 Å². The summed E-state index contributed by atoms with van der Waals surface area (Å²) in [5, 5.41) is 3.21. The zero-order valence-corrected chi connectivity index (χ0v) is 14.3. The lowest BCUT2D eigenvalue weighted by atomic mass is 9.85. The standard InChI is InChI=1S/C17H24FN3O3/c1-20(2)16(23)17(19-14-6-4-5-13(18)11-14)7-9-21(10-8-17)15(22)12-24-3/h4-6,11,19H,7-10,12H2,1-3H3. The molecule has 0 atom stereocenters. The topological polar surface area (TPSA) is 61.9 Å². The van der Waals surface area contributed by atoms with E-state index < -0.39 is 5.54 Å². The molecule has 0 aromatic heterocycles. The second-order valence-electron chi connectivity index (χ2n) is 6.23. The Hall–Kier alpha value is -2.15. The molecule has 1 aromatic rings. The molecule has 24 heavy (non-hydrogen) atoms. The van der Waals surface area contributed by atoms with Crippen LogP contribution in [0.1, 0.15) is 12.8 Å². The predicted molar refractivity (Wildman–Crippen MR) is 89.1 cm³/mol. The summed E-state index contributed by atoms with van der Waals surface area (Å²) in [5.74, 6) is -0.528. The summed E-state index contributed by atoms with van der Waals surface area (Å²) in [4.78, 5) is 27.9. The van der Waals surface area contributed by atoms with E-state index in [4.69, 9.17) is 4.74 Å². The van der Waals surface area contributed by atoms with Crippen molar-refractivity contribution in [1.82, 2.24) is 9.80 Å². The van der Waals surface area contributed by atoms with Gasteiger partial charge in [0, 0.05) is 40.0 Å². The van der Waals surface area contributed by atoms with Crippen molar-refractivity contribution in [2.45, 2.75) is 18.4 Å². The van der Waals surface area contributed by atoms with Crippen LogP contribution in [0, 0.1) is 5.82 Å².